The highest BCUT2D eigenvalue weighted by Crippen LogP contribution is 2.43. The van der Waals surface area contributed by atoms with Gasteiger partial charge in [-0.1, -0.05) is 12.1 Å². The number of rotatable bonds is 5. The molecule has 1 fully saturated rings. The number of hydrogen-bond acceptors (Lipinski definition) is 4. The topological polar surface area (TPSA) is 48.1 Å². The average molecular weight is 274 g/mol. The van der Waals surface area contributed by atoms with Gasteiger partial charge in [0.1, 0.15) is 5.75 Å². The normalized spacial score (nSPS) is 14.6. The Morgan fingerprint density at radius 1 is 1.32 bits per heavy atom. The minimum absolute atomic E-state index is 0.659. The SMILES string of the molecule is CCOc1ccc(Cc2sc(N)nc2C2CC2)cc1. The monoisotopic (exact) mass is 274 g/mol. The molecule has 0 aliphatic heterocycles. The van der Waals surface area contributed by atoms with E-state index in [0.717, 1.165) is 12.2 Å². The number of anilines is 1. The van der Waals surface area contributed by atoms with Crippen LogP contribution in [0, 0.1) is 0 Å². The average Bonchev–Trinajstić information content (AvgIpc) is 3.17. The molecule has 0 radical (unpaired) electrons. The van der Waals surface area contributed by atoms with Gasteiger partial charge in [0.15, 0.2) is 5.13 Å². The summed E-state index contributed by atoms with van der Waals surface area (Å²) in [5.41, 5.74) is 8.37. The Morgan fingerprint density at radius 2 is 2.05 bits per heavy atom. The fourth-order valence-corrected chi connectivity index (χ4v) is 3.19. The second-order valence-electron chi connectivity index (χ2n) is 4.89. The summed E-state index contributed by atoms with van der Waals surface area (Å²) >= 11 is 1.63. The van der Waals surface area contributed by atoms with Crippen LogP contribution in [0.25, 0.3) is 0 Å². The van der Waals surface area contributed by atoms with Crippen LogP contribution in [-0.2, 0) is 6.42 Å². The summed E-state index contributed by atoms with van der Waals surface area (Å²) in [6.07, 6.45) is 3.45. The summed E-state index contributed by atoms with van der Waals surface area (Å²) in [5.74, 6) is 1.59. The first-order valence-corrected chi connectivity index (χ1v) is 7.54. The summed E-state index contributed by atoms with van der Waals surface area (Å²) in [6, 6.07) is 8.30. The first-order valence-electron chi connectivity index (χ1n) is 6.73. The van der Waals surface area contributed by atoms with Crippen LogP contribution < -0.4 is 10.5 Å². The Morgan fingerprint density at radius 3 is 2.68 bits per heavy atom. The molecule has 2 N–H and O–H groups in total. The lowest BCUT2D eigenvalue weighted by atomic mass is 10.1. The van der Waals surface area contributed by atoms with Crippen molar-refractivity contribution in [3.05, 3.63) is 40.4 Å². The fourth-order valence-electron chi connectivity index (χ4n) is 2.24. The van der Waals surface area contributed by atoms with Crippen LogP contribution in [0.15, 0.2) is 24.3 Å². The molecule has 100 valence electrons. The summed E-state index contributed by atoms with van der Waals surface area (Å²) < 4.78 is 5.46. The third-order valence-corrected chi connectivity index (χ3v) is 4.21. The molecule has 2 aromatic rings. The number of hydrogen-bond donors (Lipinski definition) is 1. The van der Waals surface area contributed by atoms with Gasteiger partial charge < -0.3 is 10.5 Å². The molecule has 1 aliphatic rings. The highest BCUT2D eigenvalue weighted by Gasteiger charge is 2.29. The molecule has 3 nitrogen and oxygen atoms in total. The van der Waals surface area contributed by atoms with Crippen molar-refractivity contribution in [1.82, 2.24) is 4.98 Å². The second-order valence-corrected chi connectivity index (χ2v) is 6.00. The van der Waals surface area contributed by atoms with Crippen LogP contribution in [0.2, 0.25) is 0 Å². The summed E-state index contributed by atoms with van der Waals surface area (Å²) in [4.78, 5) is 5.81. The van der Waals surface area contributed by atoms with Crippen molar-refractivity contribution < 1.29 is 4.74 Å². The van der Waals surface area contributed by atoms with E-state index in [0.29, 0.717) is 17.7 Å². The lowest BCUT2D eigenvalue weighted by Gasteiger charge is -2.05. The van der Waals surface area contributed by atoms with Gasteiger partial charge in [-0.25, -0.2) is 4.98 Å². The summed E-state index contributed by atoms with van der Waals surface area (Å²) in [7, 11) is 0. The lowest BCUT2D eigenvalue weighted by Crippen LogP contribution is -1.93. The van der Waals surface area contributed by atoms with Crippen LogP contribution in [-0.4, -0.2) is 11.6 Å². The van der Waals surface area contributed by atoms with E-state index >= 15 is 0 Å². The van der Waals surface area contributed by atoms with Crippen LogP contribution in [0.3, 0.4) is 0 Å². The maximum Gasteiger partial charge on any atom is 0.180 e. The number of nitrogen functional groups attached to an aromatic ring is 1. The van der Waals surface area contributed by atoms with Crippen molar-refractivity contribution in [2.24, 2.45) is 0 Å². The number of nitrogens with zero attached hydrogens (tertiary/aromatic N) is 1. The van der Waals surface area contributed by atoms with Crippen molar-refractivity contribution >= 4 is 16.5 Å². The molecule has 1 heterocycles. The second kappa shape index (κ2) is 5.21. The predicted molar refractivity (Wildman–Crippen MR) is 78.9 cm³/mol. The standard InChI is InChI=1S/C15H18N2OS/c1-2-18-12-7-3-10(4-8-12)9-13-14(11-5-6-11)17-15(16)19-13/h3-4,7-8,11H,2,5-6,9H2,1H3,(H2,16,17). The molecular formula is C15H18N2OS. The molecule has 1 aromatic heterocycles. The van der Waals surface area contributed by atoms with Crippen LogP contribution >= 0.6 is 11.3 Å². The first kappa shape index (κ1) is 12.5. The highest BCUT2D eigenvalue weighted by molar-refractivity contribution is 7.15. The molecular weight excluding hydrogens is 256 g/mol. The van der Waals surface area contributed by atoms with E-state index in [9.17, 15) is 0 Å². The molecule has 0 saturated heterocycles. The van der Waals surface area contributed by atoms with Crippen molar-refractivity contribution in [3.8, 4) is 5.75 Å². The number of ether oxygens (including phenoxy) is 1. The van der Waals surface area contributed by atoms with Gasteiger partial charge in [0, 0.05) is 17.2 Å². The highest BCUT2D eigenvalue weighted by atomic mass is 32.1. The van der Waals surface area contributed by atoms with Gasteiger partial charge in [-0.15, -0.1) is 11.3 Å². The Labute approximate surface area is 117 Å². The number of thiazole rings is 1. The van der Waals surface area contributed by atoms with Crippen molar-refractivity contribution in [1.29, 1.82) is 0 Å². The molecule has 1 aliphatic carbocycles. The Bertz CT molecular complexity index is 558. The maximum atomic E-state index is 5.85. The van der Waals surface area contributed by atoms with Crippen LogP contribution in [0.5, 0.6) is 5.75 Å². The molecule has 1 saturated carbocycles. The summed E-state index contributed by atoms with van der Waals surface area (Å²) in [5, 5.41) is 0.697. The fraction of sp³-hybridized carbons (Fsp3) is 0.400. The van der Waals surface area contributed by atoms with Crippen molar-refractivity contribution in [2.75, 3.05) is 12.3 Å². The Hall–Kier alpha value is -1.55. The largest absolute Gasteiger partial charge is 0.494 e. The van der Waals surface area contributed by atoms with Gasteiger partial charge in [-0.05, 0) is 37.5 Å². The van der Waals surface area contributed by atoms with Crippen LogP contribution in [0.1, 0.15) is 41.8 Å². The van der Waals surface area contributed by atoms with Gasteiger partial charge in [0.2, 0.25) is 0 Å². The number of aromatic nitrogens is 1. The van der Waals surface area contributed by atoms with E-state index in [1.54, 1.807) is 11.3 Å². The smallest absolute Gasteiger partial charge is 0.180 e. The Balaban J connectivity index is 1.77. The van der Waals surface area contributed by atoms with Crippen molar-refractivity contribution in [3.63, 3.8) is 0 Å². The van der Waals surface area contributed by atoms with E-state index in [-0.39, 0.29) is 0 Å². The van der Waals surface area contributed by atoms with E-state index in [1.165, 1.54) is 29.0 Å². The zero-order chi connectivity index (χ0) is 13.2. The Kier molecular flexibility index (Phi) is 3.42. The van der Waals surface area contributed by atoms with E-state index in [1.807, 2.05) is 19.1 Å². The minimum atomic E-state index is 0.659. The maximum absolute atomic E-state index is 5.85. The van der Waals surface area contributed by atoms with Gasteiger partial charge >= 0.3 is 0 Å². The molecule has 0 bridgehead atoms. The summed E-state index contributed by atoms with van der Waals surface area (Å²) in [6.45, 7) is 2.70. The predicted octanol–water partition coefficient (Wildman–Crippen LogP) is 3.59. The molecule has 1 aromatic carbocycles. The molecule has 0 spiro atoms. The molecule has 0 amide bonds. The van der Waals surface area contributed by atoms with E-state index in [4.69, 9.17) is 10.5 Å². The third kappa shape index (κ3) is 2.89. The van der Waals surface area contributed by atoms with Gasteiger partial charge in [-0.3, -0.25) is 0 Å². The first-order chi connectivity index (χ1) is 9.26. The van der Waals surface area contributed by atoms with Crippen LogP contribution in [0.4, 0.5) is 5.13 Å². The van der Waals surface area contributed by atoms with Gasteiger partial charge in [0.25, 0.3) is 0 Å². The van der Waals surface area contributed by atoms with E-state index in [2.05, 4.69) is 17.1 Å². The molecule has 0 atom stereocenters. The van der Waals surface area contributed by atoms with E-state index < -0.39 is 0 Å². The molecule has 3 rings (SSSR count). The van der Waals surface area contributed by atoms with Crippen molar-refractivity contribution in [2.45, 2.75) is 32.1 Å². The van der Waals surface area contributed by atoms with Gasteiger partial charge in [-0.2, -0.15) is 0 Å². The third-order valence-electron chi connectivity index (χ3n) is 3.31. The molecule has 0 unspecified atom stereocenters. The minimum Gasteiger partial charge on any atom is -0.494 e. The lowest BCUT2D eigenvalue weighted by molar-refractivity contribution is 0.340. The number of benzene rings is 1. The zero-order valence-corrected chi connectivity index (χ0v) is 11.9. The zero-order valence-electron chi connectivity index (χ0n) is 11.1. The van der Waals surface area contributed by atoms with Gasteiger partial charge in [0.05, 0.1) is 12.3 Å². The molecule has 19 heavy (non-hydrogen) atoms. The molecule has 4 heteroatoms. The quantitative estimate of drug-likeness (QED) is 0.906. The number of nitrogens with two attached hydrogens (primary N) is 1.